The number of hydrogen-bond acceptors (Lipinski definition) is 5. The summed E-state index contributed by atoms with van der Waals surface area (Å²) in [7, 11) is 1.75. The van der Waals surface area contributed by atoms with Crippen molar-refractivity contribution in [2.75, 3.05) is 17.3 Å². The number of nitrogens with zero attached hydrogens (tertiary/aromatic N) is 2. The number of benzene rings is 1. The lowest BCUT2D eigenvalue weighted by atomic mass is 9.99. The second kappa shape index (κ2) is 6.07. The molecule has 0 unspecified atom stereocenters. The number of ketones is 1. The Balaban J connectivity index is 1.56. The molecule has 0 atom stereocenters. The Labute approximate surface area is 148 Å². The van der Waals surface area contributed by atoms with Gasteiger partial charge in [-0.2, -0.15) is 0 Å². The van der Waals surface area contributed by atoms with Crippen LogP contribution in [0, 0.1) is 0 Å². The zero-order chi connectivity index (χ0) is 17.6. The second-order valence-electron chi connectivity index (χ2n) is 6.32. The maximum absolute atomic E-state index is 12.5. The van der Waals surface area contributed by atoms with E-state index in [1.807, 2.05) is 6.07 Å². The molecule has 6 nitrogen and oxygen atoms in total. The van der Waals surface area contributed by atoms with Crippen LogP contribution in [0.25, 0.3) is 0 Å². The largest absolute Gasteiger partial charge is 0.315 e. The summed E-state index contributed by atoms with van der Waals surface area (Å²) in [4.78, 5) is 42.9. The molecule has 1 aliphatic heterocycles. The number of anilines is 2. The maximum atomic E-state index is 12.5. The van der Waals surface area contributed by atoms with Crippen LogP contribution in [0.15, 0.2) is 18.2 Å². The first kappa shape index (κ1) is 16.0. The molecule has 0 saturated carbocycles. The van der Waals surface area contributed by atoms with Crippen LogP contribution < -0.4 is 10.2 Å². The third-order valence-corrected chi connectivity index (χ3v) is 5.73. The molecule has 0 spiro atoms. The van der Waals surface area contributed by atoms with Crippen LogP contribution in [-0.2, 0) is 17.6 Å². The highest BCUT2D eigenvalue weighted by atomic mass is 32.1. The number of nitrogens with one attached hydrogen (secondary N) is 1. The molecule has 0 saturated heterocycles. The summed E-state index contributed by atoms with van der Waals surface area (Å²) in [5, 5.41) is 3.27. The normalized spacial score (nSPS) is 16.4. The number of amides is 2. The number of carbonyl (C=O) groups excluding carboxylic acids is 3. The monoisotopic (exact) mass is 355 g/mol. The van der Waals surface area contributed by atoms with Gasteiger partial charge < -0.3 is 4.90 Å². The van der Waals surface area contributed by atoms with Gasteiger partial charge in [-0.15, -0.1) is 0 Å². The molecule has 2 heterocycles. The van der Waals surface area contributed by atoms with Crippen LogP contribution in [0.5, 0.6) is 0 Å². The molecule has 128 valence electrons. The summed E-state index contributed by atoms with van der Waals surface area (Å²) in [6.07, 6.45) is 3.25. The smallest absolute Gasteiger partial charge is 0.257 e. The number of Topliss-reactive ketones (excluding diaryl/α,β-unsaturated/α-hetero) is 1. The van der Waals surface area contributed by atoms with E-state index in [9.17, 15) is 14.4 Å². The van der Waals surface area contributed by atoms with E-state index in [1.165, 1.54) is 11.3 Å². The van der Waals surface area contributed by atoms with E-state index in [4.69, 9.17) is 0 Å². The minimum atomic E-state index is -0.249. The summed E-state index contributed by atoms with van der Waals surface area (Å²) in [6.45, 7) is 0. The van der Waals surface area contributed by atoms with Gasteiger partial charge in [0.1, 0.15) is 0 Å². The number of fused-ring (bicyclic) bond motifs is 2. The highest BCUT2D eigenvalue weighted by molar-refractivity contribution is 7.17. The number of rotatable bonds is 2. The Hall–Kier alpha value is -2.54. The lowest BCUT2D eigenvalue weighted by molar-refractivity contribution is -0.118. The molecule has 25 heavy (non-hydrogen) atoms. The third kappa shape index (κ3) is 2.84. The lowest BCUT2D eigenvalue weighted by Crippen LogP contribution is -2.31. The van der Waals surface area contributed by atoms with Crippen molar-refractivity contribution in [3.8, 4) is 0 Å². The van der Waals surface area contributed by atoms with Gasteiger partial charge in [-0.3, -0.25) is 19.7 Å². The predicted octanol–water partition coefficient (Wildman–Crippen LogP) is 2.82. The van der Waals surface area contributed by atoms with E-state index in [1.54, 1.807) is 24.1 Å². The van der Waals surface area contributed by atoms with Crippen molar-refractivity contribution in [2.45, 2.75) is 32.1 Å². The van der Waals surface area contributed by atoms with Gasteiger partial charge in [-0.1, -0.05) is 11.3 Å². The van der Waals surface area contributed by atoms with Crippen molar-refractivity contribution in [3.63, 3.8) is 0 Å². The molecule has 0 bridgehead atoms. The summed E-state index contributed by atoms with van der Waals surface area (Å²) < 4.78 is 0. The molecular formula is C18H17N3O3S. The van der Waals surface area contributed by atoms with Crippen molar-refractivity contribution >= 4 is 39.8 Å². The first-order chi connectivity index (χ1) is 12.0. The molecule has 2 aliphatic rings. The molecule has 0 fully saturated rings. The molecule has 1 aromatic carbocycles. The van der Waals surface area contributed by atoms with Crippen LogP contribution >= 0.6 is 11.3 Å². The SMILES string of the molecule is CN1C(=O)CCc2cc(C(=O)Nc3nc4c(s3)C(=O)CCC4)ccc21. The van der Waals surface area contributed by atoms with E-state index < -0.39 is 0 Å². The fourth-order valence-corrected chi connectivity index (χ4v) is 4.26. The van der Waals surface area contributed by atoms with E-state index in [-0.39, 0.29) is 17.6 Å². The van der Waals surface area contributed by atoms with Gasteiger partial charge in [0.05, 0.1) is 10.6 Å². The second-order valence-corrected chi connectivity index (χ2v) is 7.32. The minimum absolute atomic E-state index is 0.0859. The Kier molecular flexibility index (Phi) is 3.88. The molecule has 2 aromatic rings. The average molecular weight is 355 g/mol. The van der Waals surface area contributed by atoms with Gasteiger partial charge in [0.15, 0.2) is 10.9 Å². The van der Waals surface area contributed by atoms with Crippen LogP contribution in [0.4, 0.5) is 10.8 Å². The van der Waals surface area contributed by atoms with Crippen molar-refractivity contribution in [1.82, 2.24) is 4.98 Å². The topological polar surface area (TPSA) is 79.4 Å². The maximum Gasteiger partial charge on any atom is 0.257 e. The van der Waals surface area contributed by atoms with Gasteiger partial charge in [0.2, 0.25) is 5.91 Å². The fraction of sp³-hybridized carbons (Fsp3) is 0.333. The Morgan fingerprint density at radius 3 is 2.84 bits per heavy atom. The summed E-state index contributed by atoms with van der Waals surface area (Å²) in [6, 6.07) is 5.34. The summed E-state index contributed by atoms with van der Waals surface area (Å²) in [5.74, 6) is -0.0515. The minimum Gasteiger partial charge on any atom is -0.315 e. The molecule has 7 heteroatoms. The molecule has 0 radical (unpaired) electrons. The van der Waals surface area contributed by atoms with Crippen molar-refractivity contribution in [3.05, 3.63) is 39.9 Å². The van der Waals surface area contributed by atoms with E-state index >= 15 is 0 Å². The quantitative estimate of drug-likeness (QED) is 0.898. The first-order valence-electron chi connectivity index (χ1n) is 8.26. The first-order valence-corrected chi connectivity index (χ1v) is 9.08. The van der Waals surface area contributed by atoms with Crippen LogP contribution in [0.3, 0.4) is 0 Å². The third-order valence-electron chi connectivity index (χ3n) is 4.67. The van der Waals surface area contributed by atoms with Crippen molar-refractivity contribution in [2.24, 2.45) is 0 Å². The van der Waals surface area contributed by atoms with Gasteiger partial charge in [0.25, 0.3) is 5.91 Å². The Morgan fingerprint density at radius 1 is 1.20 bits per heavy atom. The number of thiazole rings is 1. The molecule has 1 N–H and O–H groups in total. The van der Waals surface area contributed by atoms with Crippen LogP contribution in [0.1, 0.15) is 50.5 Å². The molecular weight excluding hydrogens is 338 g/mol. The fourth-order valence-electron chi connectivity index (χ4n) is 3.29. The van der Waals surface area contributed by atoms with Crippen LogP contribution in [-0.4, -0.2) is 29.6 Å². The number of carbonyl (C=O) groups is 3. The average Bonchev–Trinajstić information content (AvgIpc) is 3.02. The van der Waals surface area contributed by atoms with Gasteiger partial charge >= 0.3 is 0 Å². The van der Waals surface area contributed by atoms with E-state index in [2.05, 4.69) is 10.3 Å². The molecule has 4 rings (SSSR count). The number of hydrogen-bond donors (Lipinski definition) is 1. The van der Waals surface area contributed by atoms with Crippen LogP contribution in [0.2, 0.25) is 0 Å². The van der Waals surface area contributed by atoms with Crippen molar-refractivity contribution in [1.29, 1.82) is 0 Å². The highest BCUT2D eigenvalue weighted by Crippen LogP contribution is 2.31. The summed E-state index contributed by atoms with van der Waals surface area (Å²) in [5.41, 5.74) is 3.16. The van der Waals surface area contributed by atoms with Gasteiger partial charge in [0, 0.05) is 31.1 Å². The lowest BCUT2D eigenvalue weighted by Gasteiger charge is -2.25. The molecule has 1 aliphatic carbocycles. The zero-order valence-corrected chi connectivity index (χ0v) is 14.6. The summed E-state index contributed by atoms with van der Waals surface area (Å²) >= 11 is 1.25. The standard InChI is InChI=1S/C18H17N3O3S/c1-21-13-7-5-11(9-10(13)6-8-15(21)23)17(24)20-18-19-12-3-2-4-14(22)16(12)25-18/h5,7,9H,2-4,6,8H2,1H3,(H,19,20,24). The van der Waals surface area contributed by atoms with Crippen molar-refractivity contribution < 1.29 is 14.4 Å². The van der Waals surface area contributed by atoms with E-state index in [0.717, 1.165) is 29.8 Å². The Morgan fingerprint density at radius 2 is 2.04 bits per heavy atom. The van der Waals surface area contributed by atoms with E-state index in [0.29, 0.717) is 34.8 Å². The van der Waals surface area contributed by atoms with Gasteiger partial charge in [-0.05, 0) is 43.0 Å². The molecule has 1 aromatic heterocycles. The zero-order valence-electron chi connectivity index (χ0n) is 13.8. The Bertz CT molecular complexity index is 903. The predicted molar refractivity (Wildman–Crippen MR) is 95.5 cm³/mol. The van der Waals surface area contributed by atoms with Gasteiger partial charge in [-0.25, -0.2) is 4.98 Å². The highest BCUT2D eigenvalue weighted by Gasteiger charge is 2.24. The number of aromatic nitrogens is 1. The number of aryl methyl sites for hydroxylation is 2. The molecule has 2 amide bonds.